The van der Waals surface area contributed by atoms with Gasteiger partial charge in [0.15, 0.2) is 0 Å². The number of anilines is 1. The fraction of sp³-hybridized carbons (Fsp3) is 0.500. The van der Waals surface area contributed by atoms with Gasteiger partial charge in [0.2, 0.25) is 5.91 Å². The van der Waals surface area contributed by atoms with Gasteiger partial charge in [0.05, 0.1) is 12.1 Å². The van der Waals surface area contributed by atoms with Gasteiger partial charge in [-0.15, -0.1) is 0 Å². The zero-order chi connectivity index (χ0) is 19.6. The van der Waals surface area contributed by atoms with Crippen molar-refractivity contribution in [2.24, 2.45) is 0 Å². The van der Waals surface area contributed by atoms with E-state index in [0.717, 1.165) is 23.5 Å². The first-order chi connectivity index (χ1) is 13.0. The lowest BCUT2D eigenvalue weighted by atomic mass is 10.1. The van der Waals surface area contributed by atoms with Crippen LogP contribution in [0.25, 0.3) is 0 Å². The van der Waals surface area contributed by atoms with E-state index in [2.05, 4.69) is 0 Å². The van der Waals surface area contributed by atoms with Gasteiger partial charge in [-0.3, -0.25) is 9.59 Å². The van der Waals surface area contributed by atoms with E-state index < -0.39 is 12.1 Å². The number of thioether (sulfide) groups is 1. The third kappa shape index (κ3) is 7.64. The summed E-state index contributed by atoms with van der Waals surface area (Å²) in [5.41, 5.74) is 7.38. The van der Waals surface area contributed by atoms with Crippen molar-refractivity contribution in [2.75, 3.05) is 23.8 Å². The molecule has 1 aromatic rings. The van der Waals surface area contributed by atoms with Gasteiger partial charge >= 0.3 is 5.97 Å². The number of carboxylic acid groups (broad SMARTS) is 1. The SMILES string of the molecule is Nc1ccc(C[C@H](O)C=C[C@H]2CCC(=O)N2CCSCCCC(=O)O)cc1. The predicted molar refractivity (Wildman–Crippen MR) is 109 cm³/mol. The maximum absolute atomic E-state index is 12.1. The minimum Gasteiger partial charge on any atom is -0.481 e. The summed E-state index contributed by atoms with van der Waals surface area (Å²) in [7, 11) is 0. The number of hydrogen-bond acceptors (Lipinski definition) is 5. The average Bonchev–Trinajstić information content (AvgIpc) is 2.98. The Morgan fingerprint density at radius 3 is 2.78 bits per heavy atom. The summed E-state index contributed by atoms with van der Waals surface area (Å²) in [6.07, 6.45) is 5.75. The molecule has 4 N–H and O–H groups in total. The number of carboxylic acids is 1. The lowest BCUT2D eigenvalue weighted by molar-refractivity contribution is -0.137. The van der Waals surface area contributed by atoms with Gasteiger partial charge in [-0.2, -0.15) is 11.8 Å². The summed E-state index contributed by atoms with van der Waals surface area (Å²) in [5, 5.41) is 18.9. The number of aliphatic hydroxyl groups is 1. The number of likely N-dealkylation sites (tertiary alicyclic amines) is 1. The molecule has 1 heterocycles. The van der Waals surface area contributed by atoms with Gasteiger partial charge < -0.3 is 20.8 Å². The van der Waals surface area contributed by atoms with Gasteiger partial charge in [-0.1, -0.05) is 24.3 Å². The van der Waals surface area contributed by atoms with E-state index in [1.165, 1.54) is 0 Å². The molecule has 27 heavy (non-hydrogen) atoms. The first kappa shape index (κ1) is 21.3. The van der Waals surface area contributed by atoms with Crippen molar-refractivity contribution in [3.8, 4) is 0 Å². The van der Waals surface area contributed by atoms with Gasteiger partial charge in [-0.05, 0) is 36.3 Å². The zero-order valence-corrected chi connectivity index (χ0v) is 16.2. The summed E-state index contributed by atoms with van der Waals surface area (Å²) in [4.78, 5) is 24.4. The molecule has 148 valence electrons. The number of hydrogen-bond donors (Lipinski definition) is 3. The van der Waals surface area contributed by atoms with Crippen LogP contribution in [0.3, 0.4) is 0 Å². The fourth-order valence-electron chi connectivity index (χ4n) is 3.06. The van der Waals surface area contributed by atoms with Crippen LogP contribution in [-0.4, -0.2) is 57.2 Å². The Kier molecular flexibility index (Phi) is 8.67. The molecule has 0 saturated carbocycles. The molecule has 7 heteroatoms. The van der Waals surface area contributed by atoms with Crippen LogP contribution >= 0.6 is 11.8 Å². The Labute approximate surface area is 164 Å². The van der Waals surface area contributed by atoms with Gasteiger partial charge in [-0.25, -0.2) is 0 Å². The number of rotatable bonds is 11. The first-order valence-electron chi connectivity index (χ1n) is 9.25. The van der Waals surface area contributed by atoms with Crippen LogP contribution in [0.5, 0.6) is 0 Å². The van der Waals surface area contributed by atoms with Crippen LogP contribution in [0.4, 0.5) is 5.69 Å². The van der Waals surface area contributed by atoms with E-state index in [1.54, 1.807) is 17.8 Å². The van der Waals surface area contributed by atoms with Gasteiger partial charge in [0, 0.05) is 37.2 Å². The van der Waals surface area contributed by atoms with Crippen LogP contribution in [-0.2, 0) is 16.0 Å². The van der Waals surface area contributed by atoms with Crippen LogP contribution in [0.1, 0.15) is 31.2 Å². The van der Waals surface area contributed by atoms with Crippen molar-refractivity contribution in [1.82, 2.24) is 4.90 Å². The molecule has 1 aliphatic heterocycles. The lowest BCUT2D eigenvalue weighted by Crippen LogP contribution is -2.34. The summed E-state index contributed by atoms with van der Waals surface area (Å²) < 4.78 is 0. The highest BCUT2D eigenvalue weighted by atomic mass is 32.2. The smallest absolute Gasteiger partial charge is 0.303 e. The number of amides is 1. The number of carbonyl (C=O) groups excluding carboxylic acids is 1. The van der Waals surface area contributed by atoms with Crippen LogP contribution in [0, 0.1) is 0 Å². The van der Waals surface area contributed by atoms with Crippen LogP contribution < -0.4 is 5.73 Å². The standard InChI is InChI=1S/C20H28N2O4S/c21-16-5-3-15(4-6-16)14-18(23)9-7-17-8-10-19(24)22(17)11-13-27-12-1-2-20(25)26/h3-7,9,17-18,23H,1-2,8,10-14,21H2,(H,25,26)/t17-,18+/m0/s1. The molecule has 1 amide bonds. The monoisotopic (exact) mass is 392 g/mol. The maximum atomic E-state index is 12.1. The number of aliphatic hydroxyl groups excluding tert-OH is 1. The minimum absolute atomic E-state index is 0.0261. The van der Waals surface area contributed by atoms with Crippen molar-refractivity contribution >= 4 is 29.3 Å². The molecule has 6 nitrogen and oxygen atoms in total. The highest BCUT2D eigenvalue weighted by Gasteiger charge is 2.28. The Morgan fingerprint density at radius 2 is 2.07 bits per heavy atom. The van der Waals surface area contributed by atoms with E-state index >= 15 is 0 Å². The highest BCUT2D eigenvalue weighted by molar-refractivity contribution is 7.99. The second-order valence-corrected chi connectivity index (χ2v) is 7.93. The second-order valence-electron chi connectivity index (χ2n) is 6.70. The minimum atomic E-state index is -0.770. The molecule has 0 aliphatic carbocycles. The molecule has 1 fully saturated rings. The Hall–Kier alpha value is -1.99. The Balaban J connectivity index is 1.76. The number of benzene rings is 1. The molecular formula is C20H28N2O4S. The highest BCUT2D eigenvalue weighted by Crippen LogP contribution is 2.21. The summed E-state index contributed by atoms with van der Waals surface area (Å²) in [5.74, 6) is 0.954. The molecule has 2 rings (SSSR count). The van der Waals surface area contributed by atoms with E-state index in [4.69, 9.17) is 10.8 Å². The van der Waals surface area contributed by atoms with E-state index in [0.29, 0.717) is 31.5 Å². The number of nitrogens with two attached hydrogens (primary N) is 1. The average molecular weight is 393 g/mol. The quantitative estimate of drug-likeness (QED) is 0.303. The normalized spacial score (nSPS) is 18.3. The molecule has 0 spiro atoms. The zero-order valence-electron chi connectivity index (χ0n) is 15.4. The third-order valence-corrected chi connectivity index (χ3v) is 5.56. The van der Waals surface area contributed by atoms with Crippen molar-refractivity contribution < 1.29 is 19.8 Å². The molecule has 0 radical (unpaired) electrons. The molecule has 2 atom stereocenters. The van der Waals surface area contributed by atoms with E-state index in [1.807, 2.05) is 35.2 Å². The lowest BCUT2D eigenvalue weighted by Gasteiger charge is -2.22. The Morgan fingerprint density at radius 1 is 1.33 bits per heavy atom. The molecule has 1 aliphatic rings. The Bertz CT molecular complexity index is 648. The number of carbonyl (C=O) groups is 2. The topological polar surface area (TPSA) is 104 Å². The number of aliphatic carboxylic acids is 1. The number of nitrogens with zero attached hydrogens (tertiary/aromatic N) is 1. The van der Waals surface area contributed by atoms with Gasteiger partial charge in [0.25, 0.3) is 0 Å². The molecule has 1 aromatic carbocycles. The molecule has 0 aromatic heterocycles. The second kappa shape index (κ2) is 11.0. The van der Waals surface area contributed by atoms with Crippen molar-refractivity contribution in [3.05, 3.63) is 42.0 Å². The summed E-state index contributed by atoms with van der Waals surface area (Å²) >= 11 is 1.67. The fourth-order valence-corrected chi connectivity index (χ4v) is 3.93. The number of nitrogen functional groups attached to an aromatic ring is 1. The predicted octanol–water partition coefficient (Wildman–Crippen LogP) is 2.32. The molecule has 0 bridgehead atoms. The first-order valence-corrected chi connectivity index (χ1v) is 10.4. The molecule has 0 unspecified atom stereocenters. The van der Waals surface area contributed by atoms with Crippen molar-refractivity contribution in [1.29, 1.82) is 0 Å². The summed E-state index contributed by atoms with van der Waals surface area (Å²) in [6, 6.07) is 7.46. The largest absolute Gasteiger partial charge is 0.481 e. The van der Waals surface area contributed by atoms with E-state index in [-0.39, 0.29) is 18.4 Å². The molecular weight excluding hydrogens is 364 g/mol. The molecule has 1 saturated heterocycles. The van der Waals surface area contributed by atoms with E-state index in [9.17, 15) is 14.7 Å². The van der Waals surface area contributed by atoms with Gasteiger partial charge in [0.1, 0.15) is 0 Å². The third-order valence-electron chi connectivity index (χ3n) is 4.51. The summed E-state index contributed by atoms with van der Waals surface area (Å²) in [6.45, 7) is 0.652. The van der Waals surface area contributed by atoms with Crippen molar-refractivity contribution in [2.45, 2.75) is 44.2 Å². The van der Waals surface area contributed by atoms with Crippen molar-refractivity contribution in [3.63, 3.8) is 0 Å². The maximum Gasteiger partial charge on any atom is 0.303 e. The van der Waals surface area contributed by atoms with Crippen LogP contribution in [0.15, 0.2) is 36.4 Å². The van der Waals surface area contributed by atoms with Crippen LogP contribution in [0.2, 0.25) is 0 Å².